The molecule has 103 valence electrons. The average molecular weight is 440 g/mol. The molecule has 1 heterocycles. The van der Waals surface area contributed by atoms with Crippen molar-refractivity contribution in [2.75, 3.05) is 0 Å². The summed E-state index contributed by atoms with van der Waals surface area (Å²) < 4.78 is 1.90. The van der Waals surface area contributed by atoms with Gasteiger partial charge in [-0.05, 0) is 23.7 Å². The van der Waals surface area contributed by atoms with Crippen LogP contribution in [0.2, 0.25) is 0 Å². The van der Waals surface area contributed by atoms with Crippen molar-refractivity contribution in [2.24, 2.45) is 0 Å². The maximum absolute atomic E-state index is 4.66. The minimum atomic E-state index is 0. The number of aryl methyl sites for hydroxylation is 1. The SMILES string of the molecule is Cc1cn(-c2[c-]cccc2)nc1Cc1ccccc1.[Ir]. The van der Waals surface area contributed by atoms with Gasteiger partial charge in [0.2, 0.25) is 0 Å². The summed E-state index contributed by atoms with van der Waals surface area (Å²) in [5, 5.41) is 4.66. The second-order valence-corrected chi connectivity index (χ2v) is 4.61. The number of rotatable bonds is 3. The molecule has 3 heteroatoms. The molecule has 1 radical (unpaired) electrons. The van der Waals surface area contributed by atoms with E-state index in [2.05, 4.69) is 48.6 Å². The van der Waals surface area contributed by atoms with Gasteiger partial charge in [-0.25, -0.2) is 0 Å². The van der Waals surface area contributed by atoms with Crippen molar-refractivity contribution in [1.29, 1.82) is 0 Å². The van der Waals surface area contributed by atoms with E-state index in [9.17, 15) is 0 Å². The summed E-state index contributed by atoms with van der Waals surface area (Å²) in [6.07, 6.45) is 2.93. The Bertz CT molecular complexity index is 660. The van der Waals surface area contributed by atoms with Crippen LogP contribution in [0.4, 0.5) is 0 Å². The van der Waals surface area contributed by atoms with E-state index < -0.39 is 0 Å². The van der Waals surface area contributed by atoms with E-state index in [1.807, 2.05) is 35.0 Å². The molecule has 0 aliphatic heterocycles. The molecule has 0 aliphatic rings. The summed E-state index contributed by atoms with van der Waals surface area (Å²) in [5.41, 5.74) is 4.59. The van der Waals surface area contributed by atoms with Crippen LogP contribution >= 0.6 is 0 Å². The monoisotopic (exact) mass is 440 g/mol. The second-order valence-electron chi connectivity index (χ2n) is 4.61. The van der Waals surface area contributed by atoms with Crippen LogP contribution in [-0.4, -0.2) is 9.78 Å². The van der Waals surface area contributed by atoms with Gasteiger partial charge in [-0.15, -0.1) is 6.07 Å². The van der Waals surface area contributed by atoms with Crippen LogP contribution in [0.5, 0.6) is 0 Å². The standard InChI is InChI=1S/C17H15N2.Ir/c1-14-13-19(16-10-6-3-7-11-16)18-17(14)12-15-8-4-2-5-9-15;/h2-10,13H,12H2,1H3;/q-1;. The second kappa shape index (κ2) is 6.64. The fourth-order valence-electron chi connectivity index (χ4n) is 2.11. The molecule has 0 atom stereocenters. The third-order valence-corrected chi connectivity index (χ3v) is 3.15. The number of hydrogen-bond acceptors (Lipinski definition) is 1. The summed E-state index contributed by atoms with van der Waals surface area (Å²) in [6.45, 7) is 2.10. The number of benzene rings is 2. The summed E-state index contributed by atoms with van der Waals surface area (Å²) in [6, 6.07) is 21.5. The van der Waals surface area contributed by atoms with Gasteiger partial charge in [-0.3, -0.25) is 4.68 Å². The van der Waals surface area contributed by atoms with Gasteiger partial charge in [-0.2, -0.15) is 29.4 Å². The predicted molar refractivity (Wildman–Crippen MR) is 76.4 cm³/mol. The molecule has 1 aromatic heterocycles. The maximum Gasteiger partial charge on any atom is 0.0701 e. The van der Waals surface area contributed by atoms with E-state index in [0.717, 1.165) is 17.8 Å². The molecule has 20 heavy (non-hydrogen) atoms. The van der Waals surface area contributed by atoms with Crippen molar-refractivity contribution < 1.29 is 20.1 Å². The van der Waals surface area contributed by atoms with Gasteiger partial charge in [0.05, 0.1) is 5.69 Å². The molecule has 0 fully saturated rings. The normalized spacial score (nSPS) is 10.1. The molecule has 2 aromatic carbocycles. The number of hydrogen-bond donors (Lipinski definition) is 0. The van der Waals surface area contributed by atoms with E-state index >= 15 is 0 Å². The van der Waals surface area contributed by atoms with Gasteiger partial charge >= 0.3 is 0 Å². The fourth-order valence-corrected chi connectivity index (χ4v) is 2.11. The molecule has 0 unspecified atom stereocenters. The van der Waals surface area contributed by atoms with Crippen LogP contribution in [0.1, 0.15) is 16.8 Å². The van der Waals surface area contributed by atoms with Crippen LogP contribution < -0.4 is 0 Å². The zero-order valence-corrected chi connectivity index (χ0v) is 13.6. The van der Waals surface area contributed by atoms with Gasteiger partial charge in [0, 0.05) is 32.7 Å². The molecule has 3 aromatic rings. The largest absolute Gasteiger partial charge is 0.265 e. The van der Waals surface area contributed by atoms with E-state index in [-0.39, 0.29) is 20.1 Å². The van der Waals surface area contributed by atoms with Crippen molar-refractivity contribution in [1.82, 2.24) is 9.78 Å². The van der Waals surface area contributed by atoms with E-state index in [4.69, 9.17) is 0 Å². The topological polar surface area (TPSA) is 17.8 Å². The summed E-state index contributed by atoms with van der Waals surface area (Å²) in [5.74, 6) is 0. The van der Waals surface area contributed by atoms with Crippen LogP contribution in [0.25, 0.3) is 5.69 Å². The first kappa shape index (κ1) is 14.7. The Labute approximate surface area is 132 Å². The number of aromatic nitrogens is 2. The molecular weight excluding hydrogens is 424 g/mol. The maximum atomic E-state index is 4.66. The van der Waals surface area contributed by atoms with Crippen molar-refractivity contribution in [3.05, 3.63) is 83.7 Å². The quantitative estimate of drug-likeness (QED) is 0.571. The van der Waals surface area contributed by atoms with Crippen molar-refractivity contribution in [3.8, 4) is 5.69 Å². The molecule has 0 aliphatic carbocycles. The van der Waals surface area contributed by atoms with E-state index in [1.54, 1.807) is 0 Å². The van der Waals surface area contributed by atoms with Gasteiger partial charge in [0.1, 0.15) is 0 Å². The molecule has 2 nitrogen and oxygen atoms in total. The smallest absolute Gasteiger partial charge is 0.0701 e. The third kappa shape index (κ3) is 3.24. The van der Waals surface area contributed by atoms with Crippen LogP contribution in [-0.2, 0) is 26.5 Å². The Morgan fingerprint density at radius 3 is 2.50 bits per heavy atom. The molecule has 0 N–H and O–H groups in total. The summed E-state index contributed by atoms with van der Waals surface area (Å²) >= 11 is 0. The Balaban J connectivity index is 0.00000147. The van der Waals surface area contributed by atoms with Gasteiger partial charge in [-0.1, -0.05) is 30.3 Å². The molecule has 0 saturated heterocycles. The fraction of sp³-hybridized carbons (Fsp3) is 0.118. The van der Waals surface area contributed by atoms with Crippen LogP contribution in [0.3, 0.4) is 0 Å². The minimum absolute atomic E-state index is 0. The van der Waals surface area contributed by atoms with Crippen molar-refractivity contribution >= 4 is 0 Å². The Morgan fingerprint density at radius 2 is 1.80 bits per heavy atom. The minimum Gasteiger partial charge on any atom is -0.265 e. The molecular formula is C17H15IrN2-. The van der Waals surface area contributed by atoms with E-state index in [0.29, 0.717) is 0 Å². The van der Waals surface area contributed by atoms with Crippen LogP contribution in [0, 0.1) is 13.0 Å². The molecule has 0 amide bonds. The van der Waals surface area contributed by atoms with Gasteiger partial charge in [0.15, 0.2) is 0 Å². The first-order chi connectivity index (χ1) is 9.33. The zero-order valence-electron chi connectivity index (χ0n) is 11.2. The number of para-hydroxylation sites is 1. The number of nitrogens with zero attached hydrogens (tertiary/aromatic N) is 2. The van der Waals surface area contributed by atoms with Crippen molar-refractivity contribution in [3.63, 3.8) is 0 Å². The molecule has 0 saturated carbocycles. The van der Waals surface area contributed by atoms with Crippen LogP contribution in [0.15, 0.2) is 60.8 Å². The van der Waals surface area contributed by atoms with Gasteiger partial charge in [0.25, 0.3) is 0 Å². The predicted octanol–water partition coefficient (Wildman–Crippen LogP) is 3.57. The third-order valence-electron chi connectivity index (χ3n) is 3.15. The first-order valence-corrected chi connectivity index (χ1v) is 6.39. The summed E-state index contributed by atoms with van der Waals surface area (Å²) in [4.78, 5) is 0. The molecule has 3 rings (SSSR count). The Kier molecular flexibility index (Phi) is 4.88. The zero-order chi connectivity index (χ0) is 13.1. The molecule has 0 bridgehead atoms. The van der Waals surface area contributed by atoms with Gasteiger partial charge < -0.3 is 0 Å². The average Bonchev–Trinajstić information content (AvgIpc) is 2.82. The van der Waals surface area contributed by atoms with E-state index in [1.165, 1.54) is 11.1 Å². The first-order valence-electron chi connectivity index (χ1n) is 6.39. The van der Waals surface area contributed by atoms with Crippen molar-refractivity contribution in [2.45, 2.75) is 13.3 Å². The Morgan fingerprint density at radius 1 is 1.05 bits per heavy atom. The Hall–Kier alpha value is -1.70. The summed E-state index contributed by atoms with van der Waals surface area (Å²) in [7, 11) is 0. The molecule has 0 spiro atoms.